The van der Waals surface area contributed by atoms with Gasteiger partial charge in [0, 0.05) is 37.6 Å². The van der Waals surface area contributed by atoms with Crippen LogP contribution in [0.5, 0.6) is 0 Å². The fraction of sp³-hybridized carbons (Fsp3) is 0.385. The first-order valence-electron chi connectivity index (χ1n) is 5.78. The summed E-state index contributed by atoms with van der Waals surface area (Å²) in [5.41, 5.74) is 5.33. The number of para-hydroxylation sites is 1. The molecular weight excluding hydrogens is 198 g/mol. The monoisotopic (exact) mass is 215 g/mol. The first-order valence-corrected chi connectivity index (χ1v) is 5.78. The number of fused-ring (bicyclic) bond motifs is 3. The zero-order valence-electron chi connectivity index (χ0n) is 9.80. The van der Waals surface area contributed by atoms with Crippen molar-refractivity contribution in [1.82, 2.24) is 9.88 Å². The number of hydrogen-bond acceptors (Lipinski definition) is 2. The van der Waals surface area contributed by atoms with Gasteiger partial charge in [0.15, 0.2) is 0 Å². The molecule has 1 aliphatic heterocycles. The van der Waals surface area contributed by atoms with Gasteiger partial charge in [0.05, 0.1) is 11.2 Å². The molecule has 0 atom stereocenters. The lowest BCUT2D eigenvalue weighted by atomic mass is 10.0. The lowest BCUT2D eigenvalue weighted by Gasteiger charge is -2.22. The highest BCUT2D eigenvalue weighted by molar-refractivity contribution is 5.94. The first-order chi connectivity index (χ1) is 7.79. The topological polar surface area (TPSA) is 31.1 Å². The molecule has 1 aromatic carbocycles. The van der Waals surface area contributed by atoms with Crippen molar-refractivity contribution in [3.63, 3.8) is 0 Å². The number of aromatic nitrogens is 1. The first kappa shape index (κ1) is 9.73. The van der Waals surface area contributed by atoms with E-state index in [0.717, 1.165) is 19.5 Å². The Hall–Kier alpha value is -1.48. The highest BCUT2D eigenvalue weighted by atomic mass is 15.1. The maximum Gasteiger partial charge on any atom is 0.0695 e. The number of rotatable bonds is 1. The molecule has 1 aromatic heterocycles. The largest absolute Gasteiger partial charge is 0.386 e. The predicted octanol–water partition coefficient (Wildman–Crippen LogP) is 2.20. The van der Waals surface area contributed by atoms with Crippen LogP contribution < -0.4 is 5.32 Å². The van der Waals surface area contributed by atoms with Crippen LogP contribution in [0, 0.1) is 0 Å². The summed E-state index contributed by atoms with van der Waals surface area (Å²) in [7, 11) is 4.16. The lowest BCUT2D eigenvalue weighted by molar-refractivity contribution is 0.313. The SMILES string of the molecule is CNc1cccc2c3c([nH]c12)CCN(C)C3. The number of benzene rings is 1. The van der Waals surface area contributed by atoms with Crippen LogP contribution in [-0.4, -0.2) is 30.5 Å². The van der Waals surface area contributed by atoms with Crippen LogP contribution in [-0.2, 0) is 13.0 Å². The van der Waals surface area contributed by atoms with E-state index in [1.165, 1.54) is 27.8 Å². The van der Waals surface area contributed by atoms with Crippen LogP contribution >= 0.6 is 0 Å². The summed E-state index contributed by atoms with van der Waals surface area (Å²) < 4.78 is 0. The predicted molar refractivity (Wildman–Crippen MR) is 67.9 cm³/mol. The Kier molecular flexibility index (Phi) is 2.14. The Labute approximate surface area is 95.5 Å². The van der Waals surface area contributed by atoms with Crippen LogP contribution in [0.3, 0.4) is 0 Å². The van der Waals surface area contributed by atoms with Crippen molar-refractivity contribution in [3.05, 3.63) is 29.5 Å². The summed E-state index contributed by atoms with van der Waals surface area (Å²) >= 11 is 0. The molecule has 0 spiro atoms. The maximum atomic E-state index is 3.57. The molecule has 2 aromatic rings. The number of likely N-dealkylation sites (N-methyl/N-ethyl adjacent to an activating group) is 1. The molecule has 0 saturated heterocycles. The van der Waals surface area contributed by atoms with Crippen LogP contribution in [0.25, 0.3) is 10.9 Å². The van der Waals surface area contributed by atoms with Gasteiger partial charge in [-0.3, -0.25) is 0 Å². The van der Waals surface area contributed by atoms with Crippen molar-refractivity contribution >= 4 is 16.6 Å². The summed E-state index contributed by atoms with van der Waals surface area (Å²) in [6.45, 7) is 2.21. The second-order valence-electron chi connectivity index (χ2n) is 4.55. The molecule has 2 heterocycles. The van der Waals surface area contributed by atoms with Gasteiger partial charge in [-0.1, -0.05) is 12.1 Å². The summed E-state index contributed by atoms with van der Waals surface area (Å²) in [5, 5.41) is 4.61. The van der Waals surface area contributed by atoms with E-state index in [4.69, 9.17) is 0 Å². The molecule has 0 unspecified atom stereocenters. The molecule has 84 valence electrons. The Morgan fingerprint density at radius 3 is 3.06 bits per heavy atom. The molecule has 3 rings (SSSR count). The summed E-state index contributed by atoms with van der Waals surface area (Å²) in [4.78, 5) is 5.94. The molecule has 1 aliphatic rings. The van der Waals surface area contributed by atoms with Crippen molar-refractivity contribution < 1.29 is 0 Å². The van der Waals surface area contributed by atoms with Crippen molar-refractivity contribution in [2.75, 3.05) is 26.0 Å². The standard InChI is InChI=1S/C13H17N3/c1-14-12-5-3-4-9-10-8-16(2)7-6-11(10)15-13(9)12/h3-5,14-15H,6-8H2,1-2H3. The Morgan fingerprint density at radius 1 is 1.38 bits per heavy atom. The van der Waals surface area contributed by atoms with E-state index >= 15 is 0 Å². The average Bonchev–Trinajstić information content (AvgIpc) is 2.67. The molecule has 0 radical (unpaired) electrons. The van der Waals surface area contributed by atoms with Gasteiger partial charge < -0.3 is 15.2 Å². The molecule has 0 bridgehead atoms. The molecular formula is C13H17N3. The van der Waals surface area contributed by atoms with E-state index in [2.05, 4.69) is 40.4 Å². The van der Waals surface area contributed by atoms with Gasteiger partial charge in [0.1, 0.15) is 0 Å². The van der Waals surface area contributed by atoms with Crippen molar-refractivity contribution in [1.29, 1.82) is 0 Å². The molecule has 3 heteroatoms. The Balaban J connectivity index is 2.25. The number of H-pyrrole nitrogens is 1. The van der Waals surface area contributed by atoms with Crippen molar-refractivity contribution in [3.8, 4) is 0 Å². The fourth-order valence-electron chi connectivity index (χ4n) is 2.58. The number of aromatic amines is 1. The van der Waals surface area contributed by atoms with Gasteiger partial charge in [0.25, 0.3) is 0 Å². The van der Waals surface area contributed by atoms with Crippen molar-refractivity contribution in [2.24, 2.45) is 0 Å². The molecule has 2 N–H and O–H groups in total. The van der Waals surface area contributed by atoms with Crippen LogP contribution in [0.2, 0.25) is 0 Å². The molecule has 16 heavy (non-hydrogen) atoms. The minimum absolute atomic E-state index is 1.06. The van der Waals surface area contributed by atoms with Gasteiger partial charge in [-0.05, 0) is 18.7 Å². The van der Waals surface area contributed by atoms with Gasteiger partial charge >= 0.3 is 0 Å². The van der Waals surface area contributed by atoms with Gasteiger partial charge in [0.2, 0.25) is 0 Å². The molecule has 0 saturated carbocycles. The third-order valence-corrected chi connectivity index (χ3v) is 3.47. The number of nitrogens with zero attached hydrogens (tertiary/aromatic N) is 1. The third-order valence-electron chi connectivity index (χ3n) is 3.47. The maximum absolute atomic E-state index is 3.57. The second kappa shape index (κ2) is 3.52. The smallest absolute Gasteiger partial charge is 0.0695 e. The Morgan fingerprint density at radius 2 is 2.25 bits per heavy atom. The molecule has 3 nitrogen and oxygen atoms in total. The van der Waals surface area contributed by atoms with E-state index in [-0.39, 0.29) is 0 Å². The van der Waals surface area contributed by atoms with Crippen LogP contribution in [0.4, 0.5) is 5.69 Å². The van der Waals surface area contributed by atoms with Gasteiger partial charge in [-0.2, -0.15) is 0 Å². The molecule has 0 aliphatic carbocycles. The number of anilines is 1. The lowest BCUT2D eigenvalue weighted by Crippen LogP contribution is -2.25. The van der Waals surface area contributed by atoms with Crippen LogP contribution in [0.1, 0.15) is 11.3 Å². The second-order valence-corrected chi connectivity index (χ2v) is 4.55. The number of nitrogens with one attached hydrogen (secondary N) is 2. The van der Waals surface area contributed by atoms with E-state index in [1.807, 2.05) is 7.05 Å². The van der Waals surface area contributed by atoms with Crippen LogP contribution in [0.15, 0.2) is 18.2 Å². The van der Waals surface area contributed by atoms with E-state index in [1.54, 1.807) is 0 Å². The van der Waals surface area contributed by atoms with Crippen molar-refractivity contribution in [2.45, 2.75) is 13.0 Å². The normalized spacial score (nSPS) is 16.4. The summed E-state index contributed by atoms with van der Waals surface area (Å²) in [6.07, 6.45) is 1.13. The fourth-order valence-corrected chi connectivity index (χ4v) is 2.58. The Bertz CT molecular complexity index is 527. The zero-order valence-corrected chi connectivity index (χ0v) is 9.80. The van der Waals surface area contributed by atoms with Gasteiger partial charge in [-0.25, -0.2) is 0 Å². The quantitative estimate of drug-likeness (QED) is 0.764. The zero-order chi connectivity index (χ0) is 11.1. The third kappa shape index (κ3) is 1.32. The minimum Gasteiger partial charge on any atom is -0.386 e. The van der Waals surface area contributed by atoms with E-state index in [9.17, 15) is 0 Å². The van der Waals surface area contributed by atoms with E-state index < -0.39 is 0 Å². The highest BCUT2D eigenvalue weighted by Crippen LogP contribution is 2.31. The summed E-state index contributed by atoms with van der Waals surface area (Å²) in [6, 6.07) is 6.45. The highest BCUT2D eigenvalue weighted by Gasteiger charge is 2.18. The molecule has 0 amide bonds. The van der Waals surface area contributed by atoms with E-state index in [0.29, 0.717) is 0 Å². The molecule has 0 fully saturated rings. The summed E-state index contributed by atoms with van der Waals surface area (Å²) in [5.74, 6) is 0. The number of hydrogen-bond donors (Lipinski definition) is 2. The minimum atomic E-state index is 1.06. The average molecular weight is 215 g/mol. The van der Waals surface area contributed by atoms with Gasteiger partial charge in [-0.15, -0.1) is 0 Å².